The summed E-state index contributed by atoms with van der Waals surface area (Å²) < 4.78 is 0. The molecule has 4 rings (SSSR count). The number of nitrogens with zero attached hydrogens (tertiary/aromatic N) is 2. The number of rotatable bonds is 2. The maximum Gasteiger partial charge on any atom is 0.409 e. The van der Waals surface area contributed by atoms with Gasteiger partial charge in [0.2, 0.25) is 0 Å². The number of hydrogen-bond acceptors (Lipinski definition) is 4. The third-order valence-electron chi connectivity index (χ3n) is 3.09. The van der Waals surface area contributed by atoms with Crippen LogP contribution in [0.2, 0.25) is 0 Å². The maximum absolute atomic E-state index is 10.1. The summed E-state index contributed by atoms with van der Waals surface area (Å²) in [5, 5.41) is 12.5. The molecule has 0 bridgehead atoms. The number of para-hydroxylation sites is 3. The maximum atomic E-state index is 10.1. The zero-order valence-electron chi connectivity index (χ0n) is 12.5. The molecule has 0 aliphatic rings. The van der Waals surface area contributed by atoms with Crippen molar-refractivity contribution >= 4 is 34.2 Å². The normalized spacial score (nSPS) is 10.0. The number of aromatic amines is 1. The van der Waals surface area contributed by atoms with Crippen LogP contribution in [0.3, 0.4) is 0 Å². The molecule has 0 spiro atoms. The number of aromatic nitrogens is 3. The van der Waals surface area contributed by atoms with Crippen LogP contribution < -0.4 is 5.32 Å². The second-order valence-electron chi connectivity index (χ2n) is 4.77. The van der Waals surface area contributed by atoms with Gasteiger partial charge in [-0.3, -0.25) is 5.32 Å². The number of thiazole rings is 1. The number of carbonyl (C=O) groups is 1. The van der Waals surface area contributed by atoms with Crippen molar-refractivity contribution in [1.82, 2.24) is 15.0 Å². The number of fused-ring (bicyclic) bond motifs is 1. The minimum atomic E-state index is -1.04. The third-order valence-corrected chi connectivity index (χ3v) is 3.68. The van der Waals surface area contributed by atoms with Crippen molar-refractivity contribution in [2.75, 3.05) is 5.32 Å². The Morgan fingerprint density at radius 2 is 1.83 bits per heavy atom. The van der Waals surface area contributed by atoms with Crippen LogP contribution in [0, 0.1) is 0 Å². The Morgan fingerprint density at radius 1 is 1.08 bits per heavy atom. The molecule has 4 aromatic rings. The minimum Gasteiger partial charge on any atom is -0.465 e. The molecule has 6 nitrogen and oxygen atoms in total. The molecular formula is C17H14N4O2S. The lowest BCUT2D eigenvalue weighted by Crippen LogP contribution is -2.06. The molecule has 2 heterocycles. The molecule has 2 aromatic carbocycles. The van der Waals surface area contributed by atoms with Gasteiger partial charge in [0, 0.05) is 11.1 Å². The smallest absolute Gasteiger partial charge is 0.409 e. The average molecular weight is 338 g/mol. The summed E-state index contributed by atoms with van der Waals surface area (Å²) in [4.78, 5) is 21.9. The van der Waals surface area contributed by atoms with Crippen molar-refractivity contribution in [3.05, 3.63) is 65.5 Å². The monoisotopic (exact) mass is 338 g/mol. The van der Waals surface area contributed by atoms with Crippen LogP contribution in [0.5, 0.6) is 0 Å². The highest BCUT2D eigenvalue weighted by molar-refractivity contribution is 7.07. The lowest BCUT2D eigenvalue weighted by atomic mass is 10.3. The topological polar surface area (TPSA) is 90.9 Å². The van der Waals surface area contributed by atoms with Crippen LogP contribution >= 0.6 is 11.3 Å². The second kappa shape index (κ2) is 7.38. The molecule has 0 atom stereocenters. The molecule has 0 fully saturated rings. The Bertz CT molecular complexity index is 887. The molecule has 3 N–H and O–H groups in total. The summed E-state index contributed by atoms with van der Waals surface area (Å²) in [5.41, 5.74) is 5.34. The zero-order chi connectivity index (χ0) is 16.8. The van der Waals surface area contributed by atoms with E-state index in [0.717, 1.165) is 22.6 Å². The molecule has 2 aromatic heterocycles. The molecule has 0 saturated heterocycles. The van der Waals surface area contributed by atoms with Crippen molar-refractivity contribution in [2.24, 2.45) is 0 Å². The number of imidazole rings is 1. The van der Waals surface area contributed by atoms with E-state index in [0.29, 0.717) is 5.69 Å². The number of H-pyrrole nitrogens is 1. The summed E-state index contributed by atoms with van der Waals surface area (Å²) >= 11 is 1.57. The molecule has 0 radical (unpaired) electrons. The first kappa shape index (κ1) is 15.7. The summed E-state index contributed by atoms with van der Waals surface area (Å²) in [6, 6.07) is 16.7. The quantitative estimate of drug-likeness (QED) is 0.503. The Hall–Kier alpha value is -3.19. The molecule has 1 amide bonds. The van der Waals surface area contributed by atoms with Gasteiger partial charge in [-0.05, 0) is 24.3 Å². The minimum absolute atomic E-state index is 0.593. The van der Waals surface area contributed by atoms with Gasteiger partial charge in [-0.15, -0.1) is 11.3 Å². The van der Waals surface area contributed by atoms with Crippen molar-refractivity contribution in [3.8, 4) is 11.5 Å². The zero-order valence-corrected chi connectivity index (χ0v) is 13.3. The van der Waals surface area contributed by atoms with E-state index in [-0.39, 0.29) is 0 Å². The summed E-state index contributed by atoms with van der Waals surface area (Å²) in [6.45, 7) is 0. The molecule has 0 saturated carbocycles. The fraction of sp³-hybridized carbons (Fsp3) is 0. The number of benzene rings is 2. The van der Waals surface area contributed by atoms with Gasteiger partial charge < -0.3 is 10.1 Å². The van der Waals surface area contributed by atoms with E-state index in [1.54, 1.807) is 35.6 Å². The van der Waals surface area contributed by atoms with Crippen LogP contribution in [0.1, 0.15) is 0 Å². The highest BCUT2D eigenvalue weighted by atomic mass is 32.1. The number of anilines is 1. The van der Waals surface area contributed by atoms with Crippen LogP contribution in [-0.2, 0) is 0 Å². The van der Waals surface area contributed by atoms with Gasteiger partial charge in [-0.1, -0.05) is 30.3 Å². The van der Waals surface area contributed by atoms with Gasteiger partial charge in [0.15, 0.2) is 5.82 Å². The van der Waals surface area contributed by atoms with Gasteiger partial charge in [0.05, 0.1) is 16.5 Å². The van der Waals surface area contributed by atoms with Crippen LogP contribution in [0.25, 0.3) is 22.6 Å². The fourth-order valence-electron chi connectivity index (χ4n) is 2.05. The van der Waals surface area contributed by atoms with Gasteiger partial charge >= 0.3 is 6.09 Å². The second-order valence-corrected chi connectivity index (χ2v) is 5.49. The Kier molecular flexibility index (Phi) is 4.83. The Morgan fingerprint density at radius 3 is 2.50 bits per heavy atom. The average Bonchev–Trinajstić information content (AvgIpc) is 3.25. The van der Waals surface area contributed by atoms with Crippen molar-refractivity contribution in [2.45, 2.75) is 0 Å². The van der Waals surface area contributed by atoms with Crippen LogP contribution in [-0.4, -0.2) is 26.2 Å². The molecule has 0 unspecified atom stereocenters. The highest BCUT2D eigenvalue weighted by Gasteiger charge is 2.05. The molecular weight excluding hydrogens is 324 g/mol. The molecule has 120 valence electrons. The predicted octanol–water partition coefficient (Wildman–Crippen LogP) is 4.46. The first-order valence-electron chi connectivity index (χ1n) is 7.10. The molecule has 0 aliphatic heterocycles. The van der Waals surface area contributed by atoms with Crippen molar-refractivity contribution in [3.63, 3.8) is 0 Å². The predicted molar refractivity (Wildman–Crippen MR) is 95.3 cm³/mol. The summed E-state index contributed by atoms with van der Waals surface area (Å²) in [5.74, 6) is 0.840. The van der Waals surface area contributed by atoms with Crippen LogP contribution in [0.4, 0.5) is 10.5 Å². The van der Waals surface area contributed by atoms with E-state index in [1.165, 1.54) is 0 Å². The molecule has 0 aliphatic carbocycles. The van der Waals surface area contributed by atoms with Crippen molar-refractivity contribution in [1.29, 1.82) is 0 Å². The lowest BCUT2D eigenvalue weighted by Gasteiger charge is -1.96. The van der Waals surface area contributed by atoms with Gasteiger partial charge in [0.25, 0.3) is 0 Å². The molecule has 24 heavy (non-hydrogen) atoms. The van der Waals surface area contributed by atoms with E-state index >= 15 is 0 Å². The SMILES string of the molecule is O=C(O)Nc1ccccc1.c1ccc2[nH]c(-c3cscn3)nc2c1. The van der Waals surface area contributed by atoms with E-state index in [9.17, 15) is 4.79 Å². The number of amides is 1. The number of carboxylic acid groups (broad SMARTS) is 1. The van der Waals surface area contributed by atoms with Gasteiger partial charge in [0.1, 0.15) is 5.69 Å². The van der Waals surface area contributed by atoms with E-state index in [1.807, 2.05) is 41.2 Å². The van der Waals surface area contributed by atoms with E-state index in [4.69, 9.17) is 5.11 Å². The van der Waals surface area contributed by atoms with Crippen molar-refractivity contribution < 1.29 is 9.90 Å². The highest BCUT2D eigenvalue weighted by Crippen LogP contribution is 2.19. The van der Waals surface area contributed by atoms with E-state index < -0.39 is 6.09 Å². The summed E-state index contributed by atoms with van der Waals surface area (Å²) in [6.07, 6.45) is -1.04. The van der Waals surface area contributed by atoms with E-state index in [2.05, 4.69) is 20.3 Å². The first-order chi connectivity index (χ1) is 11.7. The Labute approximate surface area is 141 Å². The Balaban J connectivity index is 0.000000150. The third kappa shape index (κ3) is 3.96. The summed E-state index contributed by atoms with van der Waals surface area (Å²) in [7, 11) is 0. The lowest BCUT2D eigenvalue weighted by molar-refractivity contribution is 0.210. The van der Waals surface area contributed by atoms with Gasteiger partial charge in [-0.25, -0.2) is 14.8 Å². The fourth-order valence-corrected chi connectivity index (χ4v) is 2.59. The largest absolute Gasteiger partial charge is 0.465 e. The number of hydrogen-bond donors (Lipinski definition) is 3. The first-order valence-corrected chi connectivity index (χ1v) is 8.05. The number of nitrogens with one attached hydrogen (secondary N) is 2. The standard InChI is InChI=1S/C10H7N3S.C7H7NO2/c1-2-4-8-7(3-1)12-10(13-8)9-5-14-6-11-9;9-7(10)8-6-4-2-1-3-5-6/h1-6H,(H,12,13);1-5,8H,(H,9,10). The van der Waals surface area contributed by atoms with Crippen LogP contribution in [0.15, 0.2) is 65.5 Å². The molecule has 7 heteroatoms. The van der Waals surface area contributed by atoms with Gasteiger partial charge in [-0.2, -0.15) is 0 Å².